The first kappa shape index (κ1) is 13.3. The van der Waals surface area contributed by atoms with Crippen LogP contribution in [0.5, 0.6) is 5.75 Å². The fraction of sp³-hybridized carbons (Fsp3) is 0.364. The summed E-state index contributed by atoms with van der Waals surface area (Å²) in [5.74, 6) is -3.03. The minimum Gasteiger partial charge on any atom is -0.496 e. The summed E-state index contributed by atoms with van der Waals surface area (Å²) >= 11 is 0. The average Bonchev–Trinajstić information content (AvgIpc) is 2.24. The van der Waals surface area contributed by atoms with Crippen molar-refractivity contribution >= 4 is 5.97 Å². The Balaban J connectivity index is 3.10. The monoisotopic (exact) mass is 248 g/mol. The predicted molar refractivity (Wildman–Crippen MR) is 54.0 cm³/mol. The Bertz CT molecular complexity index is 401. The summed E-state index contributed by atoms with van der Waals surface area (Å²) in [6, 6.07) is 5.80. The summed E-state index contributed by atoms with van der Waals surface area (Å²) in [6.45, 7) is 0. The van der Waals surface area contributed by atoms with E-state index in [9.17, 15) is 18.0 Å². The number of benzene rings is 1. The third-order valence-corrected chi connectivity index (χ3v) is 2.25. The Morgan fingerprint density at radius 3 is 2.47 bits per heavy atom. The molecule has 0 spiro atoms. The van der Waals surface area contributed by atoms with Crippen LogP contribution >= 0.6 is 0 Å². The Labute approximate surface area is 95.8 Å². The highest BCUT2D eigenvalue weighted by Crippen LogP contribution is 2.35. The average molecular weight is 248 g/mol. The summed E-state index contributed by atoms with van der Waals surface area (Å²) in [5, 5.41) is 8.85. The van der Waals surface area contributed by atoms with Gasteiger partial charge in [0.15, 0.2) is 0 Å². The summed E-state index contributed by atoms with van der Waals surface area (Å²) in [7, 11) is 1.28. The van der Waals surface area contributed by atoms with Gasteiger partial charge in [0.2, 0.25) is 0 Å². The van der Waals surface area contributed by atoms with E-state index in [0.29, 0.717) is 0 Å². The minimum atomic E-state index is -4.54. The smallest absolute Gasteiger partial charge is 0.390 e. The number of carboxylic acid groups (broad SMARTS) is 1. The number of carbonyl (C=O) groups is 1. The lowest BCUT2D eigenvalue weighted by molar-refractivity contribution is -0.157. The molecule has 0 amide bonds. The van der Waals surface area contributed by atoms with Gasteiger partial charge in [-0.2, -0.15) is 13.2 Å². The number of carboxylic acids is 1. The molecule has 0 unspecified atom stereocenters. The fourth-order valence-electron chi connectivity index (χ4n) is 1.52. The second-order valence-electron chi connectivity index (χ2n) is 3.45. The molecule has 0 aliphatic heterocycles. The quantitative estimate of drug-likeness (QED) is 0.891. The van der Waals surface area contributed by atoms with Gasteiger partial charge in [-0.05, 0) is 6.07 Å². The van der Waals surface area contributed by atoms with Crippen LogP contribution in [0.1, 0.15) is 17.9 Å². The lowest BCUT2D eigenvalue weighted by Gasteiger charge is -2.17. The number of hydrogen-bond donors (Lipinski definition) is 1. The number of halogens is 3. The van der Waals surface area contributed by atoms with E-state index in [-0.39, 0.29) is 11.3 Å². The van der Waals surface area contributed by atoms with Gasteiger partial charge in [0.25, 0.3) is 0 Å². The van der Waals surface area contributed by atoms with Crippen LogP contribution in [-0.2, 0) is 4.79 Å². The van der Waals surface area contributed by atoms with Gasteiger partial charge in [0, 0.05) is 5.56 Å². The Kier molecular flexibility index (Phi) is 3.98. The molecule has 0 heterocycles. The maximum Gasteiger partial charge on any atom is 0.390 e. The Morgan fingerprint density at radius 2 is 2.00 bits per heavy atom. The minimum absolute atomic E-state index is 0.0276. The molecule has 94 valence electrons. The molecule has 0 aliphatic carbocycles. The molecular weight excluding hydrogens is 237 g/mol. The SMILES string of the molecule is COc1ccccc1[C@H](CC(F)(F)F)C(=O)O. The first-order chi connectivity index (χ1) is 7.85. The first-order valence-electron chi connectivity index (χ1n) is 4.77. The van der Waals surface area contributed by atoms with Crippen molar-refractivity contribution in [3.8, 4) is 5.75 Å². The fourth-order valence-corrected chi connectivity index (χ4v) is 1.52. The highest BCUT2D eigenvalue weighted by Gasteiger charge is 2.37. The van der Waals surface area contributed by atoms with Crippen LogP contribution in [0.15, 0.2) is 24.3 Å². The van der Waals surface area contributed by atoms with Crippen molar-refractivity contribution in [2.75, 3.05) is 7.11 Å². The molecule has 0 aromatic heterocycles. The van der Waals surface area contributed by atoms with Gasteiger partial charge in [-0.1, -0.05) is 18.2 Å². The molecule has 3 nitrogen and oxygen atoms in total. The number of aliphatic carboxylic acids is 1. The second-order valence-corrected chi connectivity index (χ2v) is 3.45. The van der Waals surface area contributed by atoms with Gasteiger partial charge in [-0.3, -0.25) is 4.79 Å². The number of rotatable bonds is 4. The highest BCUT2D eigenvalue weighted by atomic mass is 19.4. The molecule has 0 aliphatic rings. The summed E-state index contributed by atoms with van der Waals surface area (Å²) in [6.07, 6.45) is -5.95. The Hall–Kier alpha value is -1.72. The topological polar surface area (TPSA) is 46.5 Å². The predicted octanol–water partition coefficient (Wildman–Crippen LogP) is 2.82. The molecular formula is C11H11F3O3. The van der Waals surface area contributed by atoms with Crippen molar-refractivity contribution in [3.63, 3.8) is 0 Å². The second kappa shape index (κ2) is 5.07. The molecule has 1 atom stereocenters. The van der Waals surface area contributed by atoms with Crippen LogP contribution in [0.25, 0.3) is 0 Å². The van der Waals surface area contributed by atoms with Crippen molar-refractivity contribution in [2.45, 2.75) is 18.5 Å². The molecule has 0 bridgehead atoms. The first-order valence-corrected chi connectivity index (χ1v) is 4.77. The van der Waals surface area contributed by atoms with Crippen molar-refractivity contribution in [1.29, 1.82) is 0 Å². The van der Waals surface area contributed by atoms with Gasteiger partial charge in [-0.15, -0.1) is 0 Å². The van der Waals surface area contributed by atoms with Crippen molar-refractivity contribution in [3.05, 3.63) is 29.8 Å². The zero-order valence-corrected chi connectivity index (χ0v) is 8.99. The van der Waals surface area contributed by atoms with Gasteiger partial charge in [0.05, 0.1) is 19.4 Å². The molecule has 1 aromatic rings. The van der Waals surface area contributed by atoms with Gasteiger partial charge in [0.1, 0.15) is 5.75 Å². The van der Waals surface area contributed by atoms with E-state index in [1.165, 1.54) is 25.3 Å². The standard InChI is InChI=1S/C11H11F3O3/c1-17-9-5-3-2-4-7(9)8(10(15)16)6-11(12,13)14/h2-5,8H,6H2,1H3,(H,15,16)/t8-/m0/s1. The third-order valence-electron chi connectivity index (χ3n) is 2.25. The number of hydrogen-bond acceptors (Lipinski definition) is 2. The van der Waals surface area contributed by atoms with E-state index in [1.54, 1.807) is 6.07 Å². The van der Waals surface area contributed by atoms with Crippen molar-refractivity contribution < 1.29 is 27.8 Å². The van der Waals surface area contributed by atoms with Gasteiger partial charge in [-0.25, -0.2) is 0 Å². The lowest BCUT2D eigenvalue weighted by atomic mass is 9.95. The normalized spacial score (nSPS) is 13.2. The molecule has 1 aromatic carbocycles. The zero-order chi connectivity index (χ0) is 13.1. The van der Waals surface area contributed by atoms with Crippen LogP contribution in [0, 0.1) is 0 Å². The van der Waals surface area contributed by atoms with Crippen LogP contribution in [0.3, 0.4) is 0 Å². The molecule has 0 radical (unpaired) electrons. The van der Waals surface area contributed by atoms with Crippen LogP contribution in [-0.4, -0.2) is 24.4 Å². The van der Waals surface area contributed by atoms with Crippen LogP contribution in [0.4, 0.5) is 13.2 Å². The van der Waals surface area contributed by atoms with E-state index in [4.69, 9.17) is 9.84 Å². The maximum atomic E-state index is 12.3. The Morgan fingerprint density at radius 1 is 1.41 bits per heavy atom. The summed E-state index contributed by atoms with van der Waals surface area (Å²) in [5.41, 5.74) is 0.0276. The molecule has 1 rings (SSSR count). The number of alkyl halides is 3. The van der Waals surface area contributed by atoms with E-state index in [2.05, 4.69) is 0 Å². The number of ether oxygens (including phenoxy) is 1. The maximum absolute atomic E-state index is 12.3. The molecule has 17 heavy (non-hydrogen) atoms. The molecule has 0 saturated carbocycles. The van der Waals surface area contributed by atoms with E-state index < -0.39 is 24.5 Å². The molecule has 1 N–H and O–H groups in total. The lowest BCUT2D eigenvalue weighted by Crippen LogP contribution is -2.21. The van der Waals surface area contributed by atoms with Gasteiger partial charge >= 0.3 is 12.1 Å². The van der Waals surface area contributed by atoms with Crippen LogP contribution in [0.2, 0.25) is 0 Å². The molecule has 6 heteroatoms. The third kappa shape index (κ3) is 3.65. The molecule has 0 saturated heterocycles. The van der Waals surface area contributed by atoms with E-state index >= 15 is 0 Å². The molecule has 0 fully saturated rings. The summed E-state index contributed by atoms with van der Waals surface area (Å²) < 4.78 is 41.7. The number of methoxy groups -OCH3 is 1. The zero-order valence-electron chi connectivity index (χ0n) is 8.99. The van der Waals surface area contributed by atoms with E-state index in [1.807, 2.05) is 0 Å². The van der Waals surface area contributed by atoms with Crippen molar-refractivity contribution in [2.24, 2.45) is 0 Å². The largest absolute Gasteiger partial charge is 0.496 e. The van der Waals surface area contributed by atoms with Crippen molar-refractivity contribution in [1.82, 2.24) is 0 Å². The summed E-state index contributed by atoms with van der Waals surface area (Å²) in [4.78, 5) is 10.9. The highest BCUT2D eigenvalue weighted by molar-refractivity contribution is 5.77. The number of para-hydroxylation sites is 1. The van der Waals surface area contributed by atoms with Crippen LogP contribution < -0.4 is 4.74 Å². The van der Waals surface area contributed by atoms with E-state index in [0.717, 1.165) is 0 Å². The van der Waals surface area contributed by atoms with Gasteiger partial charge < -0.3 is 9.84 Å².